The van der Waals surface area contributed by atoms with Crippen LogP contribution in [0.5, 0.6) is 5.75 Å². The third kappa shape index (κ3) is 1.78. The van der Waals surface area contributed by atoms with E-state index in [1.165, 1.54) is 6.07 Å². The maximum Gasteiger partial charge on any atom is 0.117 e. The molecule has 3 heteroatoms. The lowest BCUT2D eigenvalue weighted by Crippen LogP contribution is -2.01. The van der Waals surface area contributed by atoms with Crippen LogP contribution in [0.4, 0.5) is 0 Å². The van der Waals surface area contributed by atoms with Crippen molar-refractivity contribution < 1.29 is 5.11 Å². The summed E-state index contributed by atoms with van der Waals surface area (Å²) in [6.07, 6.45) is 0. The lowest BCUT2D eigenvalue weighted by molar-refractivity contribution is 0.475. The average Bonchev–Trinajstić information content (AvgIpc) is 2.03. The number of nitrogens with two attached hydrogens (primary N) is 1. The van der Waals surface area contributed by atoms with Crippen LogP contribution in [-0.4, -0.2) is 11.7 Å². The summed E-state index contributed by atoms with van der Waals surface area (Å²) in [5, 5.41) is 9.52. The van der Waals surface area contributed by atoms with Crippen LogP contribution in [-0.2, 0) is 0 Å². The van der Waals surface area contributed by atoms with Gasteiger partial charge in [-0.05, 0) is 29.3 Å². The second-order valence-corrected chi connectivity index (χ2v) is 2.88. The smallest absolute Gasteiger partial charge is 0.117 e. The van der Waals surface area contributed by atoms with Crippen molar-refractivity contribution in [2.24, 2.45) is 5.73 Å². The van der Waals surface area contributed by atoms with Gasteiger partial charge in [0.25, 0.3) is 0 Å². The van der Waals surface area contributed by atoms with Gasteiger partial charge in [-0.25, -0.2) is 0 Å². The van der Waals surface area contributed by atoms with E-state index in [9.17, 15) is 0 Å². The summed E-state index contributed by atoms with van der Waals surface area (Å²) in [6.45, 7) is 4.11. The molecule has 0 fully saturated rings. The minimum absolute atomic E-state index is 0.147. The second kappa shape index (κ2) is 3.61. The van der Waals surface area contributed by atoms with E-state index in [-0.39, 0.29) is 5.75 Å². The summed E-state index contributed by atoms with van der Waals surface area (Å²) in [7, 11) is 0. The van der Waals surface area contributed by atoms with Crippen LogP contribution in [0.1, 0.15) is 5.56 Å². The zero-order valence-corrected chi connectivity index (χ0v) is 7.30. The first-order chi connectivity index (χ1) is 5.65. The van der Waals surface area contributed by atoms with Crippen molar-refractivity contribution in [3.8, 4) is 5.75 Å². The molecule has 0 bridgehead atoms. The molecular formula is C9H10ClNO. The van der Waals surface area contributed by atoms with Crippen LogP contribution in [0.3, 0.4) is 0 Å². The molecule has 0 saturated heterocycles. The van der Waals surface area contributed by atoms with Gasteiger partial charge < -0.3 is 10.8 Å². The number of phenolic OH excluding ortho intramolecular Hbond substituents is 1. The van der Waals surface area contributed by atoms with Crippen molar-refractivity contribution in [3.05, 3.63) is 35.4 Å². The molecule has 0 heterocycles. The van der Waals surface area contributed by atoms with Gasteiger partial charge >= 0.3 is 0 Å². The lowest BCUT2D eigenvalue weighted by Gasteiger charge is -2.05. The fraction of sp³-hybridized carbons (Fsp3) is 0.111. The zero-order chi connectivity index (χ0) is 9.14. The summed E-state index contributed by atoms with van der Waals surface area (Å²) in [6, 6.07) is 4.73. The Kier molecular flexibility index (Phi) is 2.74. The molecule has 2 nitrogen and oxygen atoms in total. The van der Waals surface area contributed by atoms with Gasteiger partial charge in [0.05, 0.1) is 5.02 Å². The highest BCUT2D eigenvalue weighted by Crippen LogP contribution is 2.25. The van der Waals surface area contributed by atoms with Crippen molar-refractivity contribution in [2.45, 2.75) is 0 Å². The first-order valence-corrected chi connectivity index (χ1v) is 3.89. The van der Waals surface area contributed by atoms with E-state index in [2.05, 4.69) is 6.58 Å². The van der Waals surface area contributed by atoms with Gasteiger partial charge in [0.1, 0.15) is 5.75 Å². The predicted octanol–water partition coefficient (Wildman–Crippen LogP) is 2.02. The number of benzene rings is 1. The van der Waals surface area contributed by atoms with Gasteiger partial charge in [0.2, 0.25) is 0 Å². The molecule has 1 aromatic carbocycles. The average molecular weight is 184 g/mol. The van der Waals surface area contributed by atoms with Crippen molar-refractivity contribution >= 4 is 17.2 Å². The molecule has 0 aliphatic heterocycles. The molecule has 0 amide bonds. The normalized spacial score (nSPS) is 9.83. The highest BCUT2D eigenvalue weighted by Gasteiger charge is 2.02. The zero-order valence-electron chi connectivity index (χ0n) is 6.55. The highest BCUT2D eigenvalue weighted by molar-refractivity contribution is 6.32. The van der Waals surface area contributed by atoms with Crippen LogP contribution >= 0.6 is 11.6 Å². The number of aromatic hydroxyl groups is 1. The molecule has 0 spiro atoms. The van der Waals surface area contributed by atoms with E-state index < -0.39 is 0 Å². The molecule has 3 N–H and O–H groups in total. The summed E-state index contributed by atoms with van der Waals surface area (Å²) in [5.41, 5.74) is 6.94. The maximum absolute atomic E-state index is 9.05. The summed E-state index contributed by atoms with van der Waals surface area (Å²) < 4.78 is 0. The minimum atomic E-state index is 0.147. The third-order valence-electron chi connectivity index (χ3n) is 1.58. The molecular weight excluding hydrogens is 174 g/mol. The van der Waals surface area contributed by atoms with Gasteiger partial charge in [0.15, 0.2) is 0 Å². The number of hydrogen-bond acceptors (Lipinski definition) is 2. The Morgan fingerprint density at radius 1 is 1.58 bits per heavy atom. The molecule has 1 rings (SSSR count). The van der Waals surface area contributed by atoms with Crippen LogP contribution < -0.4 is 5.73 Å². The van der Waals surface area contributed by atoms with E-state index >= 15 is 0 Å². The molecule has 0 unspecified atom stereocenters. The van der Waals surface area contributed by atoms with Crippen LogP contribution in [0.15, 0.2) is 24.8 Å². The molecule has 0 aliphatic rings. The standard InChI is InChI=1S/C9H10ClNO/c1-6(5-11)8-3-2-7(12)4-9(8)10/h2-4,12H,1,5,11H2. The SMILES string of the molecule is C=C(CN)c1ccc(O)cc1Cl. The van der Waals surface area contributed by atoms with Crippen LogP contribution in [0, 0.1) is 0 Å². The Morgan fingerprint density at radius 2 is 2.25 bits per heavy atom. The van der Waals surface area contributed by atoms with Gasteiger partial charge in [-0.3, -0.25) is 0 Å². The molecule has 0 aliphatic carbocycles. The van der Waals surface area contributed by atoms with E-state index in [1.807, 2.05) is 0 Å². The van der Waals surface area contributed by atoms with Crippen molar-refractivity contribution in [1.82, 2.24) is 0 Å². The van der Waals surface area contributed by atoms with Gasteiger partial charge in [-0.15, -0.1) is 0 Å². The molecule has 1 aromatic rings. The van der Waals surface area contributed by atoms with Crippen molar-refractivity contribution in [2.75, 3.05) is 6.54 Å². The number of phenols is 1. The van der Waals surface area contributed by atoms with E-state index in [1.54, 1.807) is 12.1 Å². The lowest BCUT2D eigenvalue weighted by atomic mass is 10.1. The Hall–Kier alpha value is -0.990. The molecule has 0 saturated carbocycles. The predicted molar refractivity (Wildman–Crippen MR) is 51.2 cm³/mol. The summed E-state index contributed by atoms with van der Waals surface area (Å²) >= 11 is 5.83. The first-order valence-electron chi connectivity index (χ1n) is 3.52. The summed E-state index contributed by atoms with van der Waals surface area (Å²) in [5.74, 6) is 0.147. The van der Waals surface area contributed by atoms with Crippen molar-refractivity contribution in [1.29, 1.82) is 0 Å². The van der Waals surface area contributed by atoms with E-state index in [4.69, 9.17) is 22.4 Å². The minimum Gasteiger partial charge on any atom is -0.508 e. The first kappa shape index (κ1) is 9.10. The van der Waals surface area contributed by atoms with Gasteiger partial charge in [-0.2, -0.15) is 0 Å². The van der Waals surface area contributed by atoms with E-state index in [0.717, 1.165) is 11.1 Å². The number of rotatable bonds is 2. The monoisotopic (exact) mass is 183 g/mol. The topological polar surface area (TPSA) is 46.2 Å². The van der Waals surface area contributed by atoms with Crippen molar-refractivity contribution in [3.63, 3.8) is 0 Å². The fourth-order valence-electron chi connectivity index (χ4n) is 0.901. The largest absolute Gasteiger partial charge is 0.508 e. The Morgan fingerprint density at radius 3 is 2.75 bits per heavy atom. The van der Waals surface area contributed by atoms with Crippen LogP contribution in [0.2, 0.25) is 5.02 Å². The number of halogens is 1. The fourth-order valence-corrected chi connectivity index (χ4v) is 1.21. The van der Waals surface area contributed by atoms with Gasteiger partial charge in [-0.1, -0.05) is 18.2 Å². The number of hydrogen-bond donors (Lipinski definition) is 2. The van der Waals surface area contributed by atoms with Crippen LogP contribution in [0.25, 0.3) is 5.57 Å². The van der Waals surface area contributed by atoms with E-state index in [0.29, 0.717) is 11.6 Å². The summed E-state index contributed by atoms with van der Waals surface area (Å²) in [4.78, 5) is 0. The maximum atomic E-state index is 9.05. The quantitative estimate of drug-likeness (QED) is 0.737. The Bertz CT molecular complexity index is 309. The van der Waals surface area contributed by atoms with Gasteiger partial charge in [0, 0.05) is 6.54 Å². The highest BCUT2D eigenvalue weighted by atomic mass is 35.5. The molecule has 0 radical (unpaired) electrons. The molecule has 0 atom stereocenters. The third-order valence-corrected chi connectivity index (χ3v) is 1.89. The molecule has 12 heavy (non-hydrogen) atoms. The Balaban J connectivity index is 3.09. The second-order valence-electron chi connectivity index (χ2n) is 2.47. The molecule has 0 aromatic heterocycles. The Labute approximate surface area is 76.3 Å². The molecule has 64 valence electrons.